The van der Waals surface area contributed by atoms with E-state index in [0.29, 0.717) is 18.7 Å². The van der Waals surface area contributed by atoms with Gasteiger partial charge in [0, 0.05) is 5.88 Å². The van der Waals surface area contributed by atoms with Gasteiger partial charge in [-0.2, -0.15) is 0 Å². The number of halogens is 1. The molecule has 0 rings (SSSR count). The smallest absolute Gasteiger partial charge is 0.726 e. The molecule has 0 unspecified atom stereocenters. The molecule has 0 aliphatic carbocycles. The zero-order valence-corrected chi connectivity index (χ0v) is 9.82. The van der Waals surface area contributed by atoms with Crippen LogP contribution < -0.4 is 29.6 Å². The fraction of sp³-hybridized carbons (Fsp3) is 1.00. The van der Waals surface area contributed by atoms with Crippen molar-refractivity contribution < 1.29 is 46.7 Å². The van der Waals surface area contributed by atoms with Crippen LogP contribution >= 0.6 is 11.6 Å². The zero-order valence-electron chi connectivity index (χ0n) is 6.25. The third kappa shape index (κ3) is 14.1. The van der Waals surface area contributed by atoms with Crippen LogP contribution in [0, 0.1) is 0 Å². The van der Waals surface area contributed by atoms with Crippen molar-refractivity contribution in [1.82, 2.24) is 0 Å². The van der Waals surface area contributed by atoms with Crippen LogP contribution in [0.1, 0.15) is 12.8 Å². The Morgan fingerprint density at radius 2 is 1.91 bits per heavy atom. The molecule has 0 radical (unpaired) electrons. The van der Waals surface area contributed by atoms with Crippen molar-refractivity contribution in [2.24, 2.45) is 0 Å². The fourth-order valence-corrected chi connectivity index (χ4v) is 0.868. The van der Waals surface area contributed by atoms with Crippen LogP contribution in [0.2, 0.25) is 0 Å². The Morgan fingerprint density at radius 1 is 1.36 bits per heavy atom. The molecule has 7 heteroatoms. The molecule has 0 atom stereocenters. The van der Waals surface area contributed by atoms with Crippen LogP contribution in [0.5, 0.6) is 0 Å². The zero-order chi connectivity index (χ0) is 8.04. The minimum atomic E-state index is -4.50. The van der Waals surface area contributed by atoms with Gasteiger partial charge in [-0.1, -0.05) is 0 Å². The van der Waals surface area contributed by atoms with E-state index >= 15 is 0 Å². The molecule has 0 bridgehead atoms. The van der Waals surface area contributed by atoms with Gasteiger partial charge < -0.3 is 4.55 Å². The van der Waals surface area contributed by atoms with Gasteiger partial charge in [-0.15, -0.1) is 11.6 Å². The second kappa shape index (κ2) is 7.79. The molecule has 0 aromatic carbocycles. The van der Waals surface area contributed by atoms with Crippen molar-refractivity contribution in [3.05, 3.63) is 0 Å². The van der Waals surface area contributed by atoms with Crippen LogP contribution in [-0.4, -0.2) is 25.5 Å². The Kier molecular flexibility index (Phi) is 10.4. The number of alkyl halides is 1. The second-order valence-electron chi connectivity index (χ2n) is 1.63. The van der Waals surface area contributed by atoms with Crippen molar-refractivity contribution in [1.29, 1.82) is 0 Å². The van der Waals surface area contributed by atoms with E-state index in [2.05, 4.69) is 4.18 Å². The predicted molar refractivity (Wildman–Crippen MR) is 35.6 cm³/mol. The SMILES string of the molecule is O=S(=O)([O-])OCCCCCl.[Na+]. The number of unbranched alkanes of at least 4 members (excludes halogenated alkanes) is 1. The summed E-state index contributed by atoms with van der Waals surface area (Å²) >= 11 is 5.27. The van der Waals surface area contributed by atoms with Gasteiger partial charge >= 0.3 is 29.6 Å². The Labute approximate surface area is 93.5 Å². The third-order valence-electron chi connectivity index (χ3n) is 0.756. The normalized spacial score (nSPS) is 10.7. The summed E-state index contributed by atoms with van der Waals surface area (Å²) in [6, 6.07) is 0. The first-order valence-corrected chi connectivity index (χ1v) is 4.59. The molecule has 0 N–H and O–H groups in total. The molecule has 0 aromatic rings. The second-order valence-corrected chi connectivity index (χ2v) is 3.06. The van der Waals surface area contributed by atoms with Gasteiger partial charge in [-0.25, -0.2) is 8.42 Å². The van der Waals surface area contributed by atoms with Crippen molar-refractivity contribution >= 4 is 22.0 Å². The summed E-state index contributed by atoms with van der Waals surface area (Å²) in [4.78, 5) is 0. The molecule has 0 saturated heterocycles. The van der Waals surface area contributed by atoms with Gasteiger partial charge in [0.15, 0.2) is 0 Å². The topological polar surface area (TPSA) is 66.4 Å². The average Bonchev–Trinajstić information content (AvgIpc) is 1.78. The summed E-state index contributed by atoms with van der Waals surface area (Å²) in [5.74, 6) is 0.447. The van der Waals surface area contributed by atoms with Gasteiger partial charge in [0.2, 0.25) is 10.4 Å². The maximum Gasteiger partial charge on any atom is 1.00 e. The number of hydrogen-bond acceptors (Lipinski definition) is 4. The van der Waals surface area contributed by atoms with Gasteiger partial charge in [0.1, 0.15) is 0 Å². The van der Waals surface area contributed by atoms with Gasteiger partial charge in [0.05, 0.1) is 6.61 Å². The van der Waals surface area contributed by atoms with E-state index in [0.717, 1.165) is 0 Å². The summed E-state index contributed by atoms with van der Waals surface area (Å²) < 4.78 is 33.2. The standard InChI is InChI=1S/C4H9ClO4S.Na/c5-3-1-2-4-9-10(6,7)8;/h1-4H2,(H,6,7,8);/q;+1/p-1. The molecular weight excluding hydrogens is 203 g/mol. The van der Waals surface area contributed by atoms with E-state index in [9.17, 15) is 13.0 Å². The molecule has 0 heterocycles. The Morgan fingerprint density at radius 3 is 2.27 bits per heavy atom. The summed E-state index contributed by atoms with van der Waals surface area (Å²) in [6.07, 6.45) is 1.14. The van der Waals surface area contributed by atoms with Crippen LogP contribution in [0.25, 0.3) is 0 Å². The van der Waals surface area contributed by atoms with Crippen molar-refractivity contribution in [3.8, 4) is 0 Å². The maximum atomic E-state index is 9.78. The van der Waals surface area contributed by atoms with Crippen molar-refractivity contribution in [3.63, 3.8) is 0 Å². The van der Waals surface area contributed by atoms with E-state index in [1.807, 2.05) is 0 Å². The molecular formula is C4H8ClNaO4S. The Balaban J connectivity index is 0. The molecule has 0 amide bonds. The first-order valence-electron chi connectivity index (χ1n) is 2.72. The van der Waals surface area contributed by atoms with Crippen LogP contribution in [-0.2, 0) is 14.6 Å². The number of hydrogen-bond donors (Lipinski definition) is 0. The monoisotopic (exact) mass is 210 g/mol. The summed E-state index contributed by atoms with van der Waals surface area (Å²) in [5, 5.41) is 0. The minimum absolute atomic E-state index is 0. The maximum absolute atomic E-state index is 9.78. The summed E-state index contributed by atoms with van der Waals surface area (Å²) in [7, 11) is -4.50. The van der Waals surface area contributed by atoms with Crippen molar-refractivity contribution in [2.45, 2.75) is 12.8 Å². The van der Waals surface area contributed by atoms with E-state index in [4.69, 9.17) is 11.6 Å². The quantitative estimate of drug-likeness (QED) is 0.165. The molecule has 0 saturated carbocycles. The van der Waals surface area contributed by atoms with Crippen LogP contribution in [0.15, 0.2) is 0 Å². The molecule has 11 heavy (non-hydrogen) atoms. The molecule has 62 valence electrons. The Hall–Kier alpha value is 1.16. The van der Waals surface area contributed by atoms with E-state index in [-0.39, 0.29) is 36.2 Å². The minimum Gasteiger partial charge on any atom is -0.726 e. The molecule has 0 aliphatic heterocycles. The van der Waals surface area contributed by atoms with Crippen LogP contribution in [0.4, 0.5) is 0 Å². The first-order chi connectivity index (χ1) is 4.56. The Bertz CT molecular complexity index is 169. The molecule has 0 aromatic heterocycles. The van der Waals surface area contributed by atoms with E-state index in [1.165, 1.54) is 0 Å². The molecule has 0 spiro atoms. The molecule has 0 aliphatic rings. The number of rotatable bonds is 5. The van der Waals surface area contributed by atoms with Gasteiger partial charge in [-0.3, -0.25) is 4.18 Å². The third-order valence-corrected chi connectivity index (χ3v) is 1.48. The van der Waals surface area contributed by atoms with Gasteiger partial charge in [-0.05, 0) is 12.8 Å². The first kappa shape index (κ1) is 14.7. The predicted octanol–water partition coefficient (Wildman–Crippen LogP) is -2.51. The van der Waals surface area contributed by atoms with Crippen molar-refractivity contribution in [2.75, 3.05) is 12.5 Å². The largest absolute Gasteiger partial charge is 1.00 e. The van der Waals surface area contributed by atoms with Crippen LogP contribution in [0.3, 0.4) is 0 Å². The van der Waals surface area contributed by atoms with E-state index < -0.39 is 10.4 Å². The fourth-order valence-electron chi connectivity index (χ4n) is 0.358. The summed E-state index contributed by atoms with van der Waals surface area (Å²) in [6.45, 7) is -0.0709. The average molecular weight is 211 g/mol. The molecule has 0 fully saturated rings. The summed E-state index contributed by atoms with van der Waals surface area (Å²) in [5.41, 5.74) is 0. The van der Waals surface area contributed by atoms with E-state index in [1.54, 1.807) is 0 Å². The molecule has 4 nitrogen and oxygen atoms in total. The van der Waals surface area contributed by atoms with Gasteiger partial charge in [0.25, 0.3) is 0 Å².